The summed E-state index contributed by atoms with van der Waals surface area (Å²) in [6.07, 6.45) is 0.142. The van der Waals surface area contributed by atoms with Gasteiger partial charge in [0.25, 0.3) is 0 Å². The molecule has 6 heteroatoms. The lowest BCUT2D eigenvalue weighted by molar-refractivity contribution is -0.129. The van der Waals surface area contributed by atoms with Gasteiger partial charge < -0.3 is 15.0 Å². The monoisotopic (exact) mass is 372 g/mol. The number of ether oxygens (including phenoxy) is 1. The number of para-hydroxylation sites is 2. The molecule has 2 aromatic rings. The third-order valence-corrected chi connectivity index (χ3v) is 3.86. The SMILES string of the molecule is CC(=O)N(CCC(=O)Nc1ccccc1OC(C)C)Cc1ccc(F)cc1. The van der Waals surface area contributed by atoms with Gasteiger partial charge in [-0.3, -0.25) is 9.59 Å². The molecule has 0 fully saturated rings. The molecule has 2 rings (SSSR count). The van der Waals surface area contributed by atoms with E-state index in [-0.39, 0.29) is 36.7 Å². The van der Waals surface area contributed by atoms with Crippen LogP contribution in [0.2, 0.25) is 0 Å². The molecule has 2 aromatic carbocycles. The number of nitrogens with one attached hydrogen (secondary N) is 1. The molecule has 0 heterocycles. The highest BCUT2D eigenvalue weighted by atomic mass is 19.1. The molecule has 144 valence electrons. The Morgan fingerprint density at radius 1 is 1.11 bits per heavy atom. The minimum atomic E-state index is -0.324. The number of carbonyl (C=O) groups excluding carboxylic acids is 2. The maximum absolute atomic E-state index is 13.0. The van der Waals surface area contributed by atoms with Gasteiger partial charge in [-0.15, -0.1) is 0 Å². The van der Waals surface area contributed by atoms with E-state index in [0.29, 0.717) is 18.0 Å². The lowest BCUT2D eigenvalue weighted by atomic mass is 10.2. The Labute approximate surface area is 159 Å². The highest BCUT2D eigenvalue weighted by molar-refractivity contribution is 5.92. The summed E-state index contributed by atoms with van der Waals surface area (Å²) in [5.41, 5.74) is 1.41. The first-order chi connectivity index (χ1) is 12.8. The predicted molar refractivity (Wildman–Crippen MR) is 103 cm³/mol. The number of hydrogen-bond donors (Lipinski definition) is 1. The van der Waals surface area contributed by atoms with Crippen molar-refractivity contribution in [3.8, 4) is 5.75 Å². The van der Waals surface area contributed by atoms with Crippen molar-refractivity contribution in [1.29, 1.82) is 0 Å². The van der Waals surface area contributed by atoms with E-state index in [2.05, 4.69) is 5.32 Å². The van der Waals surface area contributed by atoms with Crippen LogP contribution in [0.1, 0.15) is 32.8 Å². The van der Waals surface area contributed by atoms with Gasteiger partial charge in [-0.05, 0) is 43.7 Å². The summed E-state index contributed by atoms with van der Waals surface area (Å²) < 4.78 is 18.7. The van der Waals surface area contributed by atoms with E-state index in [1.807, 2.05) is 26.0 Å². The molecule has 0 aromatic heterocycles. The molecule has 0 unspecified atom stereocenters. The second-order valence-corrected chi connectivity index (χ2v) is 6.53. The number of hydrogen-bond acceptors (Lipinski definition) is 3. The normalized spacial score (nSPS) is 10.6. The predicted octanol–water partition coefficient (Wildman–Crippen LogP) is 3.99. The van der Waals surface area contributed by atoms with Crippen LogP contribution in [0.4, 0.5) is 10.1 Å². The summed E-state index contributed by atoms with van der Waals surface area (Å²) in [6, 6.07) is 13.2. The maximum atomic E-state index is 13.0. The molecule has 5 nitrogen and oxygen atoms in total. The molecule has 0 aliphatic carbocycles. The van der Waals surface area contributed by atoms with Gasteiger partial charge in [0.05, 0.1) is 11.8 Å². The molecule has 0 spiro atoms. The third-order valence-electron chi connectivity index (χ3n) is 3.86. The number of anilines is 1. The van der Waals surface area contributed by atoms with E-state index >= 15 is 0 Å². The Bertz CT molecular complexity index is 775. The van der Waals surface area contributed by atoms with Crippen molar-refractivity contribution in [1.82, 2.24) is 4.90 Å². The van der Waals surface area contributed by atoms with Crippen molar-refractivity contribution < 1.29 is 18.7 Å². The quantitative estimate of drug-likeness (QED) is 0.762. The summed E-state index contributed by atoms with van der Waals surface area (Å²) in [6.45, 7) is 5.88. The third kappa shape index (κ3) is 6.73. The molecule has 0 saturated carbocycles. The molecular weight excluding hydrogens is 347 g/mol. The van der Waals surface area contributed by atoms with Crippen molar-refractivity contribution in [2.45, 2.75) is 39.8 Å². The molecule has 2 amide bonds. The molecule has 0 aliphatic rings. The largest absolute Gasteiger partial charge is 0.489 e. The van der Waals surface area contributed by atoms with Crippen LogP contribution in [0.3, 0.4) is 0 Å². The minimum absolute atomic E-state index is 0.00744. The zero-order chi connectivity index (χ0) is 19.8. The molecule has 0 bridgehead atoms. The van der Waals surface area contributed by atoms with E-state index in [4.69, 9.17) is 4.74 Å². The average Bonchev–Trinajstić information content (AvgIpc) is 2.61. The Hall–Kier alpha value is -2.89. The molecule has 0 radical (unpaired) electrons. The van der Waals surface area contributed by atoms with Gasteiger partial charge in [-0.1, -0.05) is 24.3 Å². The van der Waals surface area contributed by atoms with Crippen LogP contribution in [-0.4, -0.2) is 29.4 Å². The summed E-state index contributed by atoms with van der Waals surface area (Å²) in [5, 5.41) is 2.83. The topological polar surface area (TPSA) is 58.6 Å². The molecule has 0 atom stereocenters. The summed E-state index contributed by atoms with van der Waals surface area (Å²) in [5.74, 6) is -0.0683. The van der Waals surface area contributed by atoms with E-state index in [9.17, 15) is 14.0 Å². The average molecular weight is 372 g/mol. The fraction of sp³-hybridized carbons (Fsp3) is 0.333. The number of rotatable bonds is 8. The number of amides is 2. The second-order valence-electron chi connectivity index (χ2n) is 6.53. The summed E-state index contributed by atoms with van der Waals surface area (Å²) in [4.78, 5) is 25.7. The summed E-state index contributed by atoms with van der Waals surface area (Å²) >= 11 is 0. The van der Waals surface area contributed by atoms with Gasteiger partial charge in [-0.25, -0.2) is 4.39 Å². The Morgan fingerprint density at radius 3 is 2.41 bits per heavy atom. The highest BCUT2D eigenvalue weighted by Crippen LogP contribution is 2.25. The number of halogens is 1. The zero-order valence-electron chi connectivity index (χ0n) is 15.9. The van der Waals surface area contributed by atoms with E-state index < -0.39 is 0 Å². The lowest BCUT2D eigenvalue weighted by Crippen LogP contribution is -2.31. The Balaban J connectivity index is 1.94. The van der Waals surface area contributed by atoms with E-state index in [1.54, 1.807) is 29.2 Å². The van der Waals surface area contributed by atoms with Crippen LogP contribution in [0.25, 0.3) is 0 Å². The van der Waals surface area contributed by atoms with E-state index in [1.165, 1.54) is 19.1 Å². The molecule has 1 N–H and O–H groups in total. The summed E-state index contributed by atoms with van der Waals surface area (Å²) in [7, 11) is 0. The Morgan fingerprint density at radius 2 is 1.78 bits per heavy atom. The number of nitrogens with zero attached hydrogens (tertiary/aromatic N) is 1. The van der Waals surface area contributed by atoms with Gasteiger partial charge in [-0.2, -0.15) is 0 Å². The molecule has 27 heavy (non-hydrogen) atoms. The van der Waals surface area contributed by atoms with Gasteiger partial charge in [0.15, 0.2) is 0 Å². The van der Waals surface area contributed by atoms with Crippen molar-refractivity contribution in [2.24, 2.45) is 0 Å². The van der Waals surface area contributed by atoms with Crippen molar-refractivity contribution in [3.05, 3.63) is 59.9 Å². The van der Waals surface area contributed by atoms with Crippen LogP contribution in [-0.2, 0) is 16.1 Å². The fourth-order valence-corrected chi connectivity index (χ4v) is 2.53. The standard InChI is InChI=1S/C21H25FN2O3/c1-15(2)27-20-7-5-4-6-19(20)23-21(26)12-13-24(16(3)25)14-17-8-10-18(22)11-9-17/h4-11,15H,12-14H2,1-3H3,(H,23,26). The van der Waals surface area contributed by atoms with Crippen molar-refractivity contribution >= 4 is 17.5 Å². The van der Waals surface area contributed by atoms with Crippen molar-refractivity contribution in [2.75, 3.05) is 11.9 Å². The second kappa shape index (κ2) is 9.71. The van der Waals surface area contributed by atoms with Gasteiger partial charge in [0.1, 0.15) is 11.6 Å². The minimum Gasteiger partial charge on any atom is -0.489 e. The maximum Gasteiger partial charge on any atom is 0.226 e. The van der Waals surface area contributed by atoms with Crippen LogP contribution < -0.4 is 10.1 Å². The Kier molecular flexibility index (Phi) is 7.34. The fourth-order valence-electron chi connectivity index (χ4n) is 2.53. The first-order valence-corrected chi connectivity index (χ1v) is 8.90. The first kappa shape index (κ1) is 20.4. The zero-order valence-corrected chi connectivity index (χ0v) is 15.9. The number of benzene rings is 2. The van der Waals surface area contributed by atoms with Crippen LogP contribution >= 0.6 is 0 Å². The van der Waals surface area contributed by atoms with Crippen LogP contribution in [0, 0.1) is 5.82 Å². The molecular formula is C21H25FN2O3. The van der Waals surface area contributed by atoms with Crippen molar-refractivity contribution in [3.63, 3.8) is 0 Å². The number of carbonyl (C=O) groups is 2. The lowest BCUT2D eigenvalue weighted by Gasteiger charge is -2.21. The first-order valence-electron chi connectivity index (χ1n) is 8.90. The van der Waals surface area contributed by atoms with Crippen LogP contribution in [0.15, 0.2) is 48.5 Å². The smallest absolute Gasteiger partial charge is 0.226 e. The van der Waals surface area contributed by atoms with Gasteiger partial charge >= 0.3 is 0 Å². The molecule has 0 saturated heterocycles. The molecule has 0 aliphatic heterocycles. The highest BCUT2D eigenvalue weighted by Gasteiger charge is 2.14. The van der Waals surface area contributed by atoms with Crippen LogP contribution in [0.5, 0.6) is 5.75 Å². The van der Waals surface area contributed by atoms with Gasteiger partial charge in [0.2, 0.25) is 11.8 Å². The van der Waals surface area contributed by atoms with E-state index in [0.717, 1.165) is 5.56 Å². The van der Waals surface area contributed by atoms with Gasteiger partial charge in [0, 0.05) is 26.4 Å².